The molecular formula is C15H17NO2. The number of hydrogen-bond acceptors (Lipinski definition) is 3. The van der Waals surface area contributed by atoms with Crippen LogP contribution in [0.3, 0.4) is 0 Å². The van der Waals surface area contributed by atoms with Gasteiger partial charge in [-0.25, -0.2) is 0 Å². The normalized spacial score (nSPS) is 13.9. The second kappa shape index (κ2) is 5.65. The van der Waals surface area contributed by atoms with Gasteiger partial charge in [0.1, 0.15) is 5.75 Å². The summed E-state index contributed by atoms with van der Waals surface area (Å²) in [6.45, 7) is 1.97. The fraction of sp³-hybridized carbons (Fsp3) is 0.267. The van der Waals surface area contributed by atoms with Crippen LogP contribution in [0.5, 0.6) is 5.75 Å². The highest BCUT2D eigenvalue weighted by atomic mass is 16.5. The molecule has 2 atom stereocenters. The largest absolute Gasteiger partial charge is 0.497 e. The molecule has 18 heavy (non-hydrogen) atoms. The first-order valence-electron chi connectivity index (χ1n) is 5.95. The highest BCUT2D eigenvalue weighted by molar-refractivity contribution is 5.30. The Morgan fingerprint density at radius 2 is 1.83 bits per heavy atom. The zero-order valence-corrected chi connectivity index (χ0v) is 10.6. The van der Waals surface area contributed by atoms with E-state index in [0.29, 0.717) is 0 Å². The van der Waals surface area contributed by atoms with Crippen molar-refractivity contribution >= 4 is 0 Å². The van der Waals surface area contributed by atoms with Gasteiger partial charge in [0, 0.05) is 17.8 Å². The first kappa shape index (κ1) is 12.6. The number of pyridine rings is 1. The highest BCUT2D eigenvalue weighted by Crippen LogP contribution is 2.29. The molecule has 1 heterocycles. The fourth-order valence-corrected chi connectivity index (χ4v) is 1.90. The third-order valence-electron chi connectivity index (χ3n) is 3.09. The molecule has 2 aromatic rings. The number of benzene rings is 1. The van der Waals surface area contributed by atoms with E-state index < -0.39 is 6.10 Å². The lowest BCUT2D eigenvalue weighted by atomic mass is 9.94. The molecule has 3 nitrogen and oxygen atoms in total. The second-order valence-electron chi connectivity index (χ2n) is 4.26. The van der Waals surface area contributed by atoms with Crippen LogP contribution in [0.25, 0.3) is 0 Å². The van der Waals surface area contributed by atoms with Crippen molar-refractivity contribution in [3.63, 3.8) is 0 Å². The van der Waals surface area contributed by atoms with Crippen LogP contribution in [0.1, 0.15) is 30.2 Å². The van der Waals surface area contributed by atoms with Crippen LogP contribution >= 0.6 is 0 Å². The SMILES string of the molecule is COc1ccc(C(O)C(C)c2ccccn2)cc1. The molecule has 0 aliphatic rings. The molecule has 0 spiro atoms. The van der Waals surface area contributed by atoms with Crippen molar-refractivity contribution in [3.05, 3.63) is 59.9 Å². The molecule has 0 amide bonds. The van der Waals surface area contributed by atoms with Gasteiger partial charge in [0.15, 0.2) is 0 Å². The maximum absolute atomic E-state index is 10.3. The molecule has 1 N–H and O–H groups in total. The zero-order chi connectivity index (χ0) is 13.0. The Labute approximate surface area is 107 Å². The maximum atomic E-state index is 10.3. The van der Waals surface area contributed by atoms with Gasteiger partial charge in [0.2, 0.25) is 0 Å². The summed E-state index contributed by atoms with van der Waals surface area (Å²) in [6, 6.07) is 13.2. The van der Waals surface area contributed by atoms with E-state index in [4.69, 9.17) is 4.74 Å². The summed E-state index contributed by atoms with van der Waals surface area (Å²) < 4.78 is 5.10. The van der Waals surface area contributed by atoms with Crippen molar-refractivity contribution in [2.24, 2.45) is 0 Å². The Kier molecular flexibility index (Phi) is 3.95. The summed E-state index contributed by atoms with van der Waals surface area (Å²) in [5.74, 6) is 0.746. The van der Waals surface area contributed by atoms with E-state index in [-0.39, 0.29) is 5.92 Å². The first-order chi connectivity index (χ1) is 8.72. The van der Waals surface area contributed by atoms with Gasteiger partial charge in [-0.15, -0.1) is 0 Å². The third kappa shape index (κ3) is 2.68. The van der Waals surface area contributed by atoms with Gasteiger partial charge in [0.05, 0.1) is 13.2 Å². The molecule has 94 valence electrons. The minimum atomic E-state index is -0.564. The zero-order valence-electron chi connectivity index (χ0n) is 10.6. The van der Waals surface area contributed by atoms with Crippen molar-refractivity contribution in [2.75, 3.05) is 7.11 Å². The first-order valence-corrected chi connectivity index (χ1v) is 5.95. The van der Waals surface area contributed by atoms with Crippen molar-refractivity contribution < 1.29 is 9.84 Å². The molecule has 0 fully saturated rings. The minimum absolute atomic E-state index is 0.0420. The van der Waals surface area contributed by atoms with Crippen LogP contribution in [0.2, 0.25) is 0 Å². The highest BCUT2D eigenvalue weighted by Gasteiger charge is 2.18. The molecule has 0 saturated heterocycles. The fourth-order valence-electron chi connectivity index (χ4n) is 1.90. The van der Waals surface area contributed by atoms with Gasteiger partial charge < -0.3 is 9.84 Å². The number of hydrogen-bond donors (Lipinski definition) is 1. The van der Waals surface area contributed by atoms with E-state index >= 15 is 0 Å². The second-order valence-corrected chi connectivity index (χ2v) is 4.26. The van der Waals surface area contributed by atoms with Gasteiger partial charge in [0.25, 0.3) is 0 Å². The summed E-state index contributed by atoms with van der Waals surface area (Å²) in [5.41, 5.74) is 1.76. The summed E-state index contributed by atoms with van der Waals surface area (Å²) in [7, 11) is 1.63. The number of aliphatic hydroxyl groups is 1. The van der Waals surface area contributed by atoms with Crippen molar-refractivity contribution in [1.82, 2.24) is 4.98 Å². The Hall–Kier alpha value is -1.87. The molecule has 3 heteroatoms. The van der Waals surface area contributed by atoms with Crippen LogP contribution < -0.4 is 4.74 Å². The Bertz CT molecular complexity index is 482. The Balaban J connectivity index is 2.17. The van der Waals surface area contributed by atoms with E-state index in [1.165, 1.54) is 0 Å². The predicted molar refractivity (Wildman–Crippen MR) is 70.6 cm³/mol. The molecule has 0 saturated carbocycles. The lowest BCUT2D eigenvalue weighted by Crippen LogP contribution is -2.09. The smallest absolute Gasteiger partial charge is 0.118 e. The van der Waals surface area contributed by atoms with Crippen molar-refractivity contribution in [2.45, 2.75) is 18.9 Å². The number of aliphatic hydroxyl groups excluding tert-OH is 1. The number of methoxy groups -OCH3 is 1. The number of aromatic nitrogens is 1. The Morgan fingerprint density at radius 1 is 1.11 bits per heavy atom. The predicted octanol–water partition coefficient (Wildman–Crippen LogP) is 2.93. The summed E-state index contributed by atoms with van der Waals surface area (Å²) >= 11 is 0. The van der Waals surface area contributed by atoms with E-state index in [2.05, 4.69) is 4.98 Å². The molecule has 1 aromatic heterocycles. The Morgan fingerprint density at radius 3 is 2.39 bits per heavy atom. The van der Waals surface area contributed by atoms with Gasteiger partial charge in [-0.05, 0) is 29.8 Å². The van der Waals surface area contributed by atoms with Crippen LogP contribution in [0, 0.1) is 0 Å². The average Bonchev–Trinajstić information content (AvgIpc) is 2.47. The number of ether oxygens (including phenoxy) is 1. The van der Waals surface area contributed by atoms with Gasteiger partial charge in [-0.1, -0.05) is 25.1 Å². The van der Waals surface area contributed by atoms with Gasteiger partial charge in [-0.3, -0.25) is 4.98 Å². The van der Waals surface area contributed by atoms with Crippen LogP contribution in [-0.4, -0.2) is 17.2 Å². The lowest BCUT2D eigenvalue weighted by Gasteiger charge is -2.18. The van der Waals surface area contributed by atoms with Crippen molar-refractivity contribution in [1.29, 1.82) is 0 Å². The third-order valence-corrected chi connectivity index (χ3v) is 3.09. The van der Waals surface area contributed by atoms with Crippen LogP contribution in [0.4, 0.5) is 0 Å². The summed E-state index contributed by atoms with van der Waals surface area (Å²) in [4.78, 5) is 4.27. The van der Waals surface area contributed by atoms with E-state index in [9.17, 15) is 5.11 Å². The lowest BCUT2D eigenvalue weighted by molar-refractivity contribution is 0.150. The minimum Gasteiger partial charge on any atom is -0.497 e. The van der Waals surface area contributed by atoms with Gasteiger partial charge in [-0.2, -0.15) is 0 Å². The molecule has 2 unspecified atom stereocenters. The average molecular weight is 243 g/mol. The summed E-state index contributed by atoms with van der Waals surface area (Å²) in [6.07, 6.45) is 1.18. The van der Waals surface area contributed by atoms with Gasteiger partial charge >= 0.3 is 0 Å². The van der Waals surface area contributed by atoms with Crippen LogP contribution in [-0.2, 0) is 0 Å². The topological polar surface area (TPSA) is 42.4 Å². The molecule has 0 bridgehead atoms. The van der Waals surface area contributed by atoms with Crippen LogP contribution in [0.15, 0.2) is 48.7 Å². The molecule has 1 aromatic carbocycles. The monoisotopic (exact) mass is 243 g/mol. The molecule has 0 aliphatic carbocycles. The van der Waals surface area contributed by atoms with E-state index in [0.717, 1.165) is 17.0 Å². The maximum Gasteiger partial charge on any atom is 0.118 e. The summed E-state index contributed by atoms with van der Waals surface area (Å²) in [5, 5.41) is 10.3. The van der Waals surface area contributed by atoms with E-state index in [1.54, 1.807) is 13.3 Å². The van der Waals surface area contributed by atoms with Crippen molar-refractivity contribution in [3.8, 4) is 5.75 Å². The standard InChI is InChI=1S/C15H17NO2/c1-11(14-5-3-4-10-16-14)15(17)12-6-8-13(18-2)9-7-12/h3-11,15,17H,1-2H3. The number of nitrogens with zero attached hydrogens (tertiary/aromatic N) is 1. The molecule has 2 rings (SSSR count). The molecule has 0 aliphatic heterocycles. The van der Waals surface area contributed by atoms with E-state index in [1.807, 2.05) is 49.4 Å². The molecule has 0 radical (unpaired) electrons. The number of rotatable bonds is 4. The molecular weight excluding hydrogens is 226 g/mol. The quantitative estimate of drug-likeness (QED) is 0.897.